The van der Waals surface area contributed by atoms with Crippen molar-refractivity contribution in [3.63, 3.8) is 0 Å². The normalized spacial score (nSPS) is 23.1. The lowest BCUT2D eigenvalue weighted by Crippen LogP contribution is -2.30. The number of rotatable bonds is 3. The van der Waals surface area contributed by atoms with Crippen LogP contribution in [0.25, 0.3) is 0 Å². The van der Waals surface area contributed by atoms with Crippen LogP contribution in [-0.2, 0) is 14.3 Å². The second-order valence-electron chi connectivity index (χ2n) is 4.70. The zero-order valence-electron chi connectivity index (χ0n) is 10.8. The van der Waals surface area contributed by atoms with Gasteiger partial charge < -0.3 is 24.6 Å². The van der Waals surface area contributed by atoms with Gasteiger partial charge in [-0.2, -0.15) is 0 Å². The summed E-state index contributed by atoms with van der Waals surface area (Å²) in [6.45, 7) is 0.106. The van der Waals surface area contributed by atoms with Crippen molar-refractivity contribution < 1.29 is 28.9 Å². The molecule has 0 bridgehead atoms. The lowest BCUT2D eigenvalue weighted by molar-refractivity contribution is -0.150. The van der Waals surface area contributed by atoms with Gasteiger partial charge in [0.25, 0.3) is 5.91 Å². The largest absolute Gasteiger partial charge is 0.479 e. The summed E-state index contributed by atoms with van der Waals surface area (Å²) in [6.07, 6.45) is -1.08. The summed E-state index contributed by atoms with van der Waals surface area (Å²) in [5.41, 5.74) is 0.369. The number of amides is 1. The van der Waals surface area contributed by atoms with Crippen LogP contribution in [0.1, 0.15) is 12.8 Å². The van der Waals surface area contributed by atoms with E-state index in [1.165, 1.54) is 0 Å². The van der Waals surface area contributed by atoms with Gasteiger partial charge in [0.05, 0.1) is 10.7 Å². The molecule has 0 spiro atoms. The molecule has 3 rings (SSSR count). The highest BCUT2D eigenvalue weighted by Crippen LogP contribution is 2.39. The summed E-state index contributed by atoms with van der Waals surface area (Å²) in [5.74, 6) is -0.488. The maximum atomic E-state index is 12.1. The molecule has 1 saturated heterocycles. The van der Waals surface area contributed by atoms with Gasteiger partial charge >= 0.3 is 5.97 Å². The highest BCUT2D eigenvalue weighted by Gasteiger charge is 2.35. The molecule has 2 aliphatic rings. The van der Waals surface area contributed by atoms with Gasteiger partial charge in [-0.05, 0) is 12.8 Å². The molecule has 2 aliphatic heterocycles. The van der Waals surface area contributed by atoms with E-state index in [9.17, 15) is 9.59 Å². The summed E-state index contributed by atoms with van der Waals surface area (Å²) < 4.78 is 15.6. The molecule has 0 radical (unpaired) electrons. The van der Waals surface area contributed by atoms with Gasteiger partial charge in [-0.3, -0.25) is 4.79 Å². The van der Waals surface area contributed by atoms with Gasteiger partial charge in [-0.15, -0.1) is 0 Å². The molecule has 112 valence electrons. The highest BCUT2D eigenvalue weighted by atomic mass is 35.5. The van der Waals surface area contributed by atoms with Gasteiger partial charge in [-0.25, -0.2) is 4.79 Å². The minimum Gasteiger partial charge on any atom is -0.479 e. The van der Waals surface area contributed by atoms with E-state index in [2.05, 4.69) is 5.32 Å². The minimum absolute atomic E-state index is 0.106. The first kappa shape index (κ1) is 14.0. The fourth-order valence-electron chi connectivity index (χ4n) is 2.24. The Kier molecular flexibility index (Phi) is 3.60. The third-order valence-electron chi connectivity index (χ3n) is 3.31. The van der Waals surface area contributed by atoms with E-state index in [0.29, 0.717) is 35.1 Å². The molecule has 1 aromatic carbocycles. The molecule has 1 fully saturated rings. The van der Waals surface area contributed by atoms with Crippen molar-refractivity contribution >= 4 is 29.2 Å². The first-order valence-electron chi connectivity index (χ1n) is 6.33. The zero-order chi connectivity index (χ0) is 15.0. The number of ether oxygens (including phenoxy) is 3. The van der Waals surface area contributed by atoms with Crippen LogP contribution in [0.3, 0.4) is 0 Å². The SMILES string of the molecule is O=C(Nc1cc2c(cc1Cl)OCO2)[C@@H]1CC[C@H](C(=O)O)O1. The number of hydrogen-bond donors (Lipinski definition) is 2. The minimum atomic E-state index is -1.06. The predicted molar refractivity (Wildman–Crippen MR) is 71.7 cm³/mol. The van der Waals surface area contributed by atoms with Crippen LogP contribution in [0.4, 0.5) is 5.69 Å². The number of carboxylic acids is 1. The van der Waals surface area contributed by atoms with E-state index < -0.39 is 24.1 Å². The fourth-order valence-corrected chi connectivity index (χ4v) is 2.44. The Hall–Kier alpha value is -1.99. The molecule has 1 amide bonds. The number of anilines is 1. The van der Waals surface area contributed by atoms with E-state index in [-0.39, 0.29) is 6.79 Å². The average molecular weight is 314 g/mol. The Bertz CT molecular complexity index is 605. The number of fused-ring (bicyclic) bond motifs is 1. The molecule has 7 nitrogen and oxygen atoms in total. The molecular weight excluding hydrogens is 302 g/mol. The molecule has 2 N–H and O–H groups in total. The smallest absolute Gasteiger partial charge is 0.332 e. The monoisotopic (exact) mass is 313 g/mol. The van der Waals surface area contributed by atoms with Crippen molar-refractivity contribution in [3.05, 3.63) is 17.2 Å². The molecule has 2 atom stereocenters. The number of aliphatic carboxylic acids is 1. The van der Waals surface area contributed by atoms with Crippen molar-refractivity contribution in [1.82, 2.24) is 0 Å². The standard InChI is InChI=1S/C13H12ClNO6/c14-6-3-10-11(20-5-19-10)4-7(6)15-12(16)8-1-2-9(21-8)13(17)18/h3-4,8-9H,1-2,5H2,(H,15,16)(H,17,18)/t8-,9+/m0/s1. The quantitative estimate of drug-likeness (QED) is 0.881. The van der Waals surface area contributed by atoms with Gasteiger partial charge in [0, 0.05) is 12.1 Å². The zero-order valence-corrected chi connectivity index (χ0v) is 11.6. The number of carbonyl (C=O) groups is 2. The number of halogens is 1. The van der Waals surface area contributed by atoms with E-state index >= 15 is 0 Å². The maximum absolute atomic E-state index is 12.1. The Balaban J connectivity index is 1.70. The lowest BCUT2D eigenvalue weighted by atomic mass is 10.2. The van der Waals surface area contributed by atoms with E-state index in [1.807, 2.05) is 0 Å². The Morgan fingerprint density at radius 1 is 1.19 bits per heavy atom. The summed E-state index contributed by atoms with van der Waals surface area (Å²) in [6, 6.07) is 3.11. The Morgan fingerprint density at radius 2 is 1.86 bits per heavy atom. The molecule has 8 heteroatoms. The summed E-state index contributed by atoms with van der Waals surface area (Å²) in [5, 5.41) is 11.8. The molecule has 0 aliphatic carbocycles. The third kappa shape index (κ3) is 2.74. The van der Waals surface area contributed by atoms with Crippen LogP contribution >= 0.6 is 11.6 Å². The molecule has 1 aromatic rings. The number of hydrogen-bond acceptors (Lipinski definition) is 5. The summed E-state index contributed by atoms with van der Waals surface area (Å²) in [7, 11) is 0. The number of nitrogens with one attached hydrogen (secondary N) is 1. The average Bonchev–Trinajstić information content (AvgIpc) is 3.07. The van der Waals surface area contributed by atoms with Crippen LogP contribution < -0.4 is 14.8 Å². The highest BCUT2D eigenvalue weighted by molar-refractivity contribution is 6.34. The van der Waals surface area contributed by atoms with Crippen LogP contribution in [0.5, 0.6) is 11.5 Å². The Labute approximate surface area is 124 Å². The lowest BCUT2D eigenvalue weighted by Gasteiger charge is -2.13. The third-order valence-corrected chi connectivity index (χ3v) is 3.62. The van der Waals surface area contributed by atoms with Crippen LogP contribution in [-0.4, -0.2) is 36.0 Å². The van der Waals surface area contributed by atoms with Crippen molar-refractivity contribution in [2.75, 3.05) is 12.1 Å². The number of benzene rings is 1. The molecule has 0 aromatic heterocycles. The van der Waals surface area contributed by atoms with E-state index in [1.54, 1.807) is 12.1 Å². The summed E-state index contributed by atoms with van der Waals surface area (Å²) in [4.78, 5) is 22.9. The molecule has 0 saturated carbocycles. The van der Waals surface area contributed by atoms with Crippen LogP contribution in [0.15, 0.2) is 12.1 Å². The van der Waals surface area contributed by atoms with Crippen molar-refractivity contribution in [3.8, 4) is 11.5 Å². The maximum Gasteiger partial charge on any atom is 0.332 e. The van der Waals surface area contributed by atoms with Gasteiger partial charge in [0.2, 0.25) is 6.79 Å². The van der Waals surface area contributed by atoms with Crippen molar-refractivity contribution in [2.24, 2.45) is 0 Å². The van der Waals surface area contributed by atoms with Gasteiger partial charge in [0.1, 0.15) is 6.10 Å². The Morgan fingerprint density at radius 3 is 2.52 bits per heavy atom. The topological polar surface area (TPSA) is 94.1 Å². The number of carboxylic acid groups (broad SMARTS) is 1. The second-order valence-corrected chi connectivity index (χ2v) is 5.11. The number of carbonyl (C=O) groups excluding carboxylic acids is 1. The van der Waals surface area contributed by atoms with E-state index in [0.717, 1.165) is 0 Å². The molecule has 21 heavy (non-hydrogen) atoms. The van der Waals surface area contributed by atoms with Crippen molar-refractivity contribution in [2.45, 2.75) is 25.0 Å². The van der Waals surface area contributed by atoms with Crippen LogP contribution in [0.2, 0.25) is 5.02 Å². The first-order valence-corrected chi connectivity index (χ1v) is 6.70. The van der Waals surface area contributed by atoms with Crippen molar-refractivity contribution in [1.29, 1.82) is 0 Å². The first-order chi connectivity index (χ1) is 10.0. The van der Waals surface area contributed by atoms with E-state index in [4.69, 9.17) is 30.9 Å². The second kappa shape index (κ2) is 5.42. The fraction of sp³-hybridized carbons (Fsp3) is 0.385. The van der Waals surface area contributed by atoms with Gasteiger partial charge in [0.15, 0.2) is 17.6 Å². The molecular formula is C13H12ClNO6. The molecule has 2 heterocycles. The molecule has 0 unspecified atom stereocenters. The summed E-state index contributed by atoms with van der Waals surface area (Å²) >= 11 is 6.05. The predicted octanol–water partition coefficient (Wildman–Crippen LogP) is 1.64. The van der Waals surface area contributed by atoms with Crippen LogP contribution in [0, 0.1) is 0 Å². The van der Waals surface area contributed by atoms with Gasteiger partial charge in [-0.1, -0.05) is 11.6 Å².